The summed E-state index contributed by atoms with van der Waals surface area (Å²) < 4.78 is 24.9. The van der Waals surface area contributed by atoms with E-state index in [0.717, 1.165) is 24.2 Å². The lowest BCUT2D eigenvalue weighted by Gasteiger charge is -2.59. The molecule has 1 atom stereocenters. The summed E-state index contributed by atoms with van der Waals surface area (Å²) in [7, 11) is 0. The van der Waals surface area contributed by atoms with E-state index in [1.54, 1.807) is 25.1 Å². The van der Waals surface area contributed by atoms with Crippen molar-refractivity contribution < 1.29 is 18.4 Å². The third-order valence-corrected chi connectivity index (χ3v) is 7.95. The number of carbonyl (C=O) groups is 1. The minimum atomic E-state index is -0.435. The highest BCUT2D eigenvalue weighted by Crippen LogP contribution is 2.61. The average molecular weight is 427 g/mol. The van der Waals surface area contributed by atoms with Gasteiger partial charge in [0.15, 0.2) is 17.3 Å². The third-order valence-electron chi connectivity index (χ3n) is 7.95. The lowest BCUT2D eigenvalue weighted by atomic mass is 9.47. The molecule has 4 fully saturated rings. The van der Waals surface area contributed by atoms with Crippen LogP contribution in [-0.4, -0.2) is 17.1 Å². The molecule has 6 rings (SSSR count). The number of rotatable bonds is 7. The van der Waals surface area contributed by atoms with Crippen LogP contribution in [0.15, 0.2) is 28.8 Å². The summed E-state index contributed by atoms with van der Waals surface area (Å²) in [6, 6.07) is 6.38. The molecule has 4 aliphatic rings. The third kappa shape index (κ3) is 3.74. The van der Waals surface area contributed by atoms with Gasteiger partial charge in [0.2, 0.25) is 0 Å². The van der Waals surface area contributed by atoms with Gasteiger partial charge in [-0.1, -0.05) is 24.2 Å². The van der Waals surface area contributed by atoms with Crippen LogP contribution in [0.2, 0.25) is 0 Å². The molecule has 2 aromatic rings. The number of carbonyl (C=O) groups excluding carboxylic acids is 1. The van der Waals surface area contributed by atoms with Crippen LogP contribution < -0.4 is 10.1 Å². The number of aromatic nitrogens is 1. The summed E-state index contributed by atoms with van der Waals surface area (Å²) in [6.07, 6.45) is 8.75. The van der Waals surface area contributed by atoms with Crippen LogP contribution in [0.3, 0.4) is 0 Å². The Hall–Kier alpha value is -2.37. The Labute approximate surface area is 182 Å². The molecule has 6 heteroatoms. The van der Waals surface area contributed by atoms with Crippen LogP contribution in [0.5, 0.6) is 5.75 Å². The molecule has 0 saturated heterocycles. The largest absolute Gasteiger partial charge is 0.486 e. The quantitative estimate of drug-likeness (QED) is 0.642. The summed E-state index contributed by atoms with van der Waals surface area (Å²) in [5, 5.41) is 7.34. The molecule has 4 aliphatic carbocycles. The number of aryl methyl sites for hydroxylation is 1. The Morgan fingerprint density at radius 3 is 2.48 bits per heavy atom. The summed E-state index contributed by atoms with van der Waals surface area (Å²) >= 11 is 0. The maximum absolute atomic E-state index is 13.9. The van der Waals surface area contributed by atoms with Crippen molar-refractivity contribution in [1.29, 1.82) is 0 Å². The zero-order valence-electron chi connectivity index (χ0n) is 18.3. The monoisotopic (exact) mass is 426 g/mol. The lowest BCUT2D eigenvalue weighted by Crippen LogP contribution is -2.56. The van der Waals surface area contributed by atoms with Gasteiger partial charge >= 0.3 is 0 Å². The van der Waals surface area contributed by atoms with E-state index in [1.165, 1.54) is 44.6 Å². The number of hydrogen-bond acceptors (Lipinski definition) is 4. The van der Waals surface area contributed by atoms with Gasteiger partial charge in [0, 0.05) is 6.04 Å². The fourth-order valence-corrected chi connectivity index (χ4v) is 6.97. The van der Waals surface area contributed by atoms with Crippen LogP contribution >= 0.6 is 0 Å². The minimum Gasteiger partial charge on any atom is -0.486 e. The zero-order valence-corrected chi connectivity index (χ0v) is 18.3. The molecule has 5 nitrogen and oxygen atoms in total. The minimum absolute atomic E-state index is 0.0349. The van der Waals surface area contributed by atoms with Gasteiger partial charge in [-0.2, -0.15) is 0 Å². The SMILES string of the molecule is CCC(NC(=O)c1noc(C)c1COc1ccccc1F)C12CC3CC(CC(C3)C1)C2. The molecule has 0 radical (unpaired) electrons. The number of nitrogens with one attached hydrogen (secondary N) is 1. The van der Waals surface area contributed by atoms with Crippen LogP contribution in [-0.2, 0) is 6.61 Å². The van der Waals surface area contributed by atoms with Gasteiger partial charge in [0.25, 0.3) is 5.91 Å². The summed E-state index contributed by atoms with van der Waals surface area (Å²) in [5.41, 5.74) is 1.04. The highest BCUT2D eigenvalue weighted by molar-refractivity contribution is 5.94. The molecule has 0 aliphatic heterocycles. The maximum Gasteiger partial charge on any atom is 0.274 e. The van der Waals surface area contributed by atoms with E-state index >= 15 is 0 Å². The van der Waals surface area contributed by atoms with Crippen molar-refractivity contribution in [2.75, 3.05) is 0 Å². The molecule has 1 N–H and O–H groups in total. The van der Waals surface area contributed by atoms with E-state index in [1.807, 2.05) is 0 Å². The first-order valence-corrected chi connectivity index (χ1v) is 11.6. The molecule has 1 amide bonds. The standard InChI is InChI=1S/C25H31FN2O3/c1-3-22(25-11-16-8-17(12-25)10-18(9-16)13-25)27-24(29)23-19(15(2)31-28-23)14-30-21-7-5-4-6-20(21)26/h4-7,16-18,22H,3,8-14H2,1-2H3,(H,27,29). The Morgan fingerprint density at radius 1 is 1.23 bits per heavy atom. The first-order valence-electron chi connectivity index (χ1n) is 11.6. The van der Waals surface area contributed by atoms with E-state index in [4.69, 9.17) is 9.26 Å². The summed E-state index contributed by atoms with van der Waals surface area (Å²) in [5.74, 6) is 2.50. The lowest BCUT2D eigenvalue weighted by molar-refractivity contribution is -0.0727. The number of hydrogen-bond donors (Lipinski definition) is 1. The predicted octanol–water partition coefficient (Wildman–Crippen LogP) is 5.43. The van der Waals surface area contributed by atoms with Crippen molar-refractivity contribution in [1.82, 2.24) is 10.5 Å². The van der Waals surface area contributed by atoms with E-state index in [9.17, 15) is 9.18 Å². The van der Waals surface area contributed by atoms with Gasteiger partial charge in [-0.05, 0) is 87.2 Å². The second kappa shape index (κ2) is 7.95. The smallest absolute Gasteiger partial charge is 0.274 e. The van der Waals surface area contributed by atoms with Crippen LogP contribution in [0.1, 0.15) is 73.7 Å². The molecule has 4 bridgehead atoms. The molecular weight excluding hydrogens is 395 g/mol. The fourth-order valence-electron chi connectivity index (χ4n) is 6.97. The first kappa shape index (κ1) is 20.5. The van der Waals surface area contributed by atoms with Crippen molar-refractivity contribution in [3.05, 3.63) is 47.1 Å². The Bertz CT molecular complexity index is 934. The maximum atomic E-state index is 13.9. The second-order valence-electron chi connectivity index (χ2n) is 10.00. The highest BCUT2D eigenvalue weighted by Gasteiger charge is 2.54. The van der Waals surface area contributed by atoms with Gasteiger partial charge in [-0.25, -0.2) is 4.39 Å². The van der Waals surface area contributed by atoms with Crippen LogP contribution in [0.25, 0.3) is 0 Å². The van der Waals surface area contributed by atoms with Crippen molar-refractivity contribution in [3.63, 3.8) is 0 Å². The van der Waals surface area contributed by atoms with Gasteiger partial charge < -0.3 is 14.6 Å². The van der Waals surface area contributed by atoms with E-state index in [2.05, 4.69) is 17.4 Å². The van der Waals surface area contributed by atoms with Gasteiger partial charge in [0.1, 0.15) is 12.4 Å². The predicted molar refractivity (Wildman–Crippen MR) is 114 cm³/mol. The van der Waals surface area contributed by atoms with E-state index in [-0.39, 0.29) is 35.4 Å². The molecule has 1 heterocycles. The summed E-state index contributed by atoms with van der Waals surface area (Å²) in [6.45, 7) is 3.95. The Kier molecular flexibility index (Phi) is 5.27. The van der Waals surface area contributed by atoms with Gasteiger partial charge in [-0.15, -0.1) is 0 Å². The molecule has 166 valence electrons. The second-order valence-corrected chi connectivity index (χ2v) is 10.00. The normalized spacial score (nSPS) is 29.7. The first-order chi connectivity index (χ1) is 15.0. The molecule has 4 saturated carbocycles. The number of ether oxygens (including phenoxy) is 1. The Balaban J connectivity index is 1.32. The number of halogens is 1. The molecule has 1 unspecified atom stereocenters. The van der Waals surface area contributed by atoms with Crippen molar-refractivity contribution >= 4 is 5.91 Å². The fraction of sp³-hybridized carbons (Fsp3) is 0.600. The van der Waals surface area contributed by atoms with E-state index in [0.29, 0.717) is 11.3 Å². The molecule has 0 spiro atoms. The van der Waals surface area contributed by atoms with Gasteiger partial charge in [-0.3, -0.25) is 4.79 Å². The topological polar surface area (TPSA) is 64.4 Å². The van der Waals surface area contributed by atoms with E-state index < -0.39 is 5.82 Å². The molecule has 1 aromatic heterocycles. The number of nitrogens with zero attached hydrogens (tertiary/aromatic N) is 1. The molecule has 1 aromatic carbocycles. The molecular formula is C25H31FN2O3. The average Bonchev–Trinajstić information content (AvgIpc) is 3.10. The van der Waals surface area contributed by atoms with Crippen molar-refractivity contribution in [2.45, 2.75) is 71.4 Å². The van der Waals surface area contributed by atoms with Crippen molar-refractivity contribution in [3.8, 4) is 5.75 Å². The number of amides is 1. The Morgan fingerprint density at radius 2 is 1.87 bits per heavy atom. The number of para-hydroxylation sites is 1. The summed E-state index contributed by atoms with van der Waals surface area (Å²) in [4.78, 5) is 13.3. The highest BCUT2D eigenvalue weighted by atomic mass is 19.1. The van der Waals surface area contributed by atoms with Crippen LogP contribution in [0.4, 0.5) is 4.39 Å². The van der Waals surface area contributed by atoms with Gasteiger partial charge in [0.05, 0.1) is 5.56 Å². The van der Waals surface area contributed by atoms with Crippen molar-refractivity contribution in [2.24, 2.45) is 23.2 Å². The number of benzene rings is 1. The van der Waals surface area contributed by atoms with Crippen LogP contribution in [0, 0.1) is 35.9 Å². The molecule has 31 heavy (non-hydrogen) atoms. The zero-order chi connectivity index (χ0) is 21.6.